The van der Waals surface area contributed by atoms with Crippen molar-refractivity contribution in [3.8, 4) is 0 Å². The number of carbonyl (C=O) groups is 1. The molecule has 0 radical (unpaired) electrons. The molecule has 4 heteroatoms. The van der Waals surface area contributed by atoms with Crippen LogP contribution in [0.5, 0.6) is 0 Å². The van der Waals surface area contributed by atoms with E-state index in [1.54, 1.807) is 0 Å². The van der Waals surface area contributed by atoms with E-state index in [4.69, 9.17) is 11.5 Å². The maximum Gasteiger partial charge on any atom is 0.243 e. The summed E-state index contributed by atoms with van der Waals surface area (Å²) in [5, 5.41) is 0. The molecule has 1 aromatic rings. The molecule has 1 aliphatic carbocycles. The molecule has 19 heavy (non-hydrogen) atoms. The van der Waals surface area contributed by atoms with Gasteiger partial charge in [0.05, 0.1) is 0 Å². The molecule has 102 valence electrons. The summed E-state index contributed by atoms with van der Waals surface area (Å²) in [7, 11) is 0. The van der Waals surface area contributed by atoms with Crippen LogP contribution in [0.2, 0.25) is 0 Å². The number of carbonyl (C=O) groups excluding carboxylic acids is 1. The van der Waals surface area contributed by atoms with Gasteiger partial charge >= 0.3 is 0 Å². The molecular weight excluding hydrogens is 238 g/mol. The van der Waals surface area contributed by atoms with Crippen LogP contribution in [-0.2, 0) is 17.6 Å². The summed E-state index contributed by atoms with van der Waals surface area (Å²) in [6, 6.07) is 8.25. The quantitative estimate of drug-likeness (QED) is 0.768. The monoisotopic (exact) mass is 259 g/mol. The van der Waals surface area contributed by atoms with E-state index in [0.717, 1.165) is 19.4 Å². The van der Waals surface area contributed by atoms with Crippen molar-refractivity contribution >= 4 is 5.91 Å². The highest BCUT2D eigenvalue weighted by Gasteiger charge is 2.43. The Bertz CT molecular complexity index is 475. The minimum atomic E-state index is -0.763. The molecule has 1 aromatic carbocycles. The number of piperidine rings is 1. The number of benzene rings is 1. The Labute approximate surface area is 113 Å². The van der Waals surface area contributed by atoms with E-state index in [1.165, 1.54) is 11.1 Å². The van der Waals surface area contributed by atoms with Gasteiger partial charge in [-0.15, -0.1) is 0 Å². The third kappa shape index (κ3) is 2.26. The third-order valence-electron chi connectivity index (χ3n) is 4.30. The number of nitrogens with zero attached hydrogens (tertiary/aromatic N) is 1. The van der Waals surface area contributed by atoms with Gasteiger partial charge in [-0.1, -0.05) is 24.3 Å². The molecule has 1 aliphatic heterocycles. The molecule has 1 heterocycles. The van der Waals surface area contributed by atoms with Crippen molar-refractivity contribution in [2.24, 2.45) is 11.5 Å². The molecule has 1 amide bonds. The number of rotatable bonds is 1. The second kappa shape index (κ2) is 4.62. The predicted molar refractivity (Wildman–Crippen MR) is 74.6 cm³/mol. The Morgan fingerprint density at radius 1 is 1.26 bits per heavy atom. The summed E-state index contributed by atoms with van der Waals surface area (Å²) in [4.78, 5) is 14.5. The Balaban J connectivity index is 1.77. The first-order valence-corrected chi connectivity index (χ1v) is 6.99. The summed E-state index contributed by atoms with van der Waals surface area (Å²) in [5.41, 5.74) is 14.0. The van der Waals surface area contributed by atoms with Crippen molar-refractivity contribution < 1.29 is 4.79 Å². The van der Waals surface area contributed by atoms with Crippen LogP contribution in [0.4, 0.5) is 0 Å². The molecule has 1 fully saturated rings. The average molecular weight is 259 g/mol. The SMILES string of the molecule is N[C@@H]1CCCN(C(=O)C2(N)Cc3ccccc3C2)C1. The normalized spacial score (nSPS) is 25.2. The Morgan fingerprint density at radius 2 is 1.89 bits per heavy atom. The maximum atomic E-state index is 12.7. The van der Waals surface area contributed by atoms with Gasteiger partial charge < -0.3 is 16.4 Å². The van der Waals surface area contributed by atoms with Crippen molar-refractivity contribution in [1.82, 2.24) is 4.90 Å². The first kappa shape index (κ1) is 12.6. The van der Waals surface area contributed by atoms with Gasteiger partial charge in [0, 0.05) is 19.1 Å². The molecular formula is C15H21N3O. The first-order valence-electron chi connectivity index (χ1n) is 6.99. The molecule has 1 saturated heterocycles. The predicted octanol–water partition coefficient (Wildman–Crippen LogP) is 0.432. The highest BCUT2D eigenvalue weighted by Crippen LogP contribution is 2.30. The van der Waals surface area contributed by atoms with Gasteiger partial charge in [-0.25, -0.2) is 0 Å². The summed E-state index contributed by atoms with van der Waals surface area (Å²) in [5.74, 6) is 0.0684. The molecule has 0 saturated carbocycles. The van der Waals surface area contributed by atoms with Crippen LogP contribution in [0, 0.1) is 0 Å². The van der Waals surface area contributed by atoms with E-state index in [2.05, 4.69) is 12.1 Å². The number of hydrogen-bond acceptors (Lipinski definition) is 3. The molecule has 1 atom stereocenters. The fourth-order valence-corrected chi connectivity index (χ4v) is 3.31. The Hall–Kier alpha value is -1.39. The molecule has 0 unspecified atom stereocenters. The van der Waals surface area contributed by atoms with Crippen molar-refractivity contribution in [2.75, 3.05) is 13.1 Å². The van der Waals surface area contributed by atoms with Gasteiger partial charge in [-0.05, 0) is 36.8 Å². The lowest BCUT2D eigenvalue weighted by atomic mass is 9.93. The topological polar surface area (TPSA) is 72.3 Å². The maximum absolute atomic E-state index is 12.7. The van der Waals surface area contributed by atoms with Crippen LogP contribution in [0.1, 0.15) is 24.0 Å². The summed E-state index contributed by atoms with van der Waals surface area (Å²) < 4.78 is 0. The van der Waals surface area contributed by atoms with Gasteiger partial charge in [0.1, 0.15) is 5.54 Å². The molecule has 0 spiro atoms. The number of hydrogen-bond donors (Lipinski definition) is 2. The zero-order chi connectivity index (χ0) is 13.5. The van der Waals surface area contributed by atoms with E-state index < -0.39 is 5.54 Å². The van der Waals surface area contributed by atoms with Crippen molar-refractivity contribution in [3.63, 3.8) is 0 Å². The molecule has 4 N–H and O–H groups in total. The Kier molecular flexibility index (Phi) is 3.07. The van der Waals surface area contributed by atoms with Gasteiger partial charge in [-0.2, -0.15) is 0 Å². The second-order valence-electron chi connectivity index (χ2n) is 5.93. The van der Waals surface area contributed by atoms with E-state index in [-0.39, 0.29) is 11.9 Å². The van der Waals surface area contributed by atoms with E-state index >= 15 is 0 Å². The van der Waals surface area contributed by atoms with Crippen LogP contribution in [0.15, 0.2) is 24.3 Å². The van der Waals surface area contributed by atoms with Gasteiger partial charge in [-0.3, -0.25) is 4.79 Å². The lowest BCUT2D eigenvalue weighted by Gasteiger charge is -2.36. The third-order valence-corrected chi connectivity index (χ3v) is 4.30. The van der Waals surface area contributed by atoms with Crippen LogP contribution < -0.4 is 11.5 Å². The van der Waals surface area contributed by atoms with Crippen LogP contribution in [-0.4, -0.2) is 35.5 Å². The number of fused-ring (bicyclic) bond motifs is 1. The Morgan fingerprint density at radius 3 is 2.47 bits per heavy atom. The number of amides is 1. The van der Waals surface area contributed by atoms with E-state index in [9.17, 15) is 4.79 Å². The van der Waals surface area contributed by atoms with Gasteiger partial charge in [0.25, 0.3) is 0 Å². The number of likely N-dealkylation sites (tertiary alicyclic amines) is 1. The molecule has 3 rings (SSSR count). The first-order chi connectivity index (χ1) is 9.08. The summed E-state index contributed by atoms with van der Waals surface area (Å²) in [6.07, 6.45) is 3.28. The van der Waals surface area contributed by atoms with Crippen molar-refractivity contribution in [2.45, 2.75) is 37.3 Å². The fraction of sp³-hybridized carbons (Fsp3) is 0.533. The van der Waals surface area contributed by atoms with Crippen molar-refractivity contribution in [3.05, 3.63) is 35.4 Å². The average Bonchev–Trinajstić information content (AvgIpc) is 2.75. The molecule has 2 aliphatic rings. The molecule has 0 bridgehead atoms. The summed E-state index contributed by atoms with van der Waals surface area (Å²) >= 11 is 0. The molecule has 0 aromatic heterocycles. The highest BCUT2D eigenvalue weighted by molar-refractivity contribution is 5.88. The summed E-state index contributed by atoms with van der Waals surface area (Å²) in [6.45, 7) is 1.44. The van der Waals surface area contributed by atoms with Crippen LogP contribution >= 0.6 is 0 Å². The van der Waals surface area contributed by atoms with Crippen LogP contribution in [0.3, 0.4) is 0 Å². The molecule has 4 nitrogen and oxygen atoms in total. The van der Waals surface area contributed by atoms with Crippen LogP contribution in [0.25, 0.3) is 0 Å². The zero-order valence-electron chi connectivity index (χ0n) is 11.1. The number of nitrogens with two attached hydrogens (primary N) is 2. The lowest BCUT2D eigenvalue weighted by Crippen LogP contribution is -2.59. The lowest BCUT2D eigenvalue weighted by molar-refractivity contribution is -0.137. The minimum Gasteiger partial charge on any atom is -0.340 e. The zero-order valence-corrected chi connectivity index (χ0v) is 11.1. The van der Waals surface area contributed by atoms with Gasteiger partial charge in [0.15, 0.2) is 0 Å². The van der Waals surface area contributed by atoms with E-state index in [0.29, 0.717) is 19.4 Å². The van der Waals surface area contributed by atoms with Crippen molar-refractivity contribution in [1.29, 1.82) is 0 Å². The minimum absolute atomic E-state index is 0.0684. The fourth-order valence-electron chi connectivity index (χ4n) is 3.31. The second-order valence-corrected chi connectivity index (χ2v) is 5.93. The highest BCUT2D eigenvalue weighted by atomic mass is 16.2. The standard InChI is InChI=1S/C15H21N3O/c16-13-6-3-7-18(10-13)14(19)15(17)8-11-4-1-2-5-12(11)9-15/h1-2,4-5,13H,3,6-10,16-17H2/t13-/m1/s1. The van der Waals surface area contributed by atoms with Gasteiger partial charge in [0.2, 0.25) is 5.91 Å². The van der Waals surface area contributed by atoms with E-state index in [1.807, 2.05) is 17.0 Å². The smallest absolute Gasteiger partial charge is 0.243 e. The largest absolute Gasteiger partial charge is 0.340 e.